The lowest BCUT2D eigenvalue weighted by Gasteiger charge is -2.24. The van der Waals surface area contributed by atoms with Gasteiger partial charge in [0.2, 0.25) is 0 Å². The van der Waals surface area contributed by atoms with Gasteiger partial charge in [0, 0.05) is 25.7 Å². The first kappa shape index (κ1) is 13.9. The Bertz CT molecular complexity index is 436. The van der Waals surface area contributed by atoms with Crippen molar-refractivity contribution in [3.63, 3.8) is 0 Å². The van der Waals surface area contributed by atoms with E-state index in [4.69, 9.17) is 0 Å². The van der Waals surface area contributed by atoms with Gasteiger partial charge in [0.1, 0.15) is 23.6 Å². The minimum Gasteiger partial charge on any atom is -0.369 e. The van der Waals surface area contributed by atoms with Gasteiger partial charge in [0.15, 0.2) is 0 Å². The van der Waals surface area contributed by atoms with Crippen LogP contribution < -0.4 is 4.90 Å². The number of halogens is 2. The van der Waals surface area contributed by atoms with Crippen molar-refractivity contribution in [3.8, 4) is 0 Å². The second-order valence-electron chi connectivity index (χ2n) is 4.92. The summed E-state index contributed by atoms with van der Waals surface area (Å²) in [6.45, 7) is 3.48. The quantitative estimate of drug-likeness (QED) is 0.766. The summed E-state index contributed by atoms with van der Waals surface area (Å²) in [6.07, 6.45) is 2.83. The number of likely N-dealkylation sites (N-methyl/N-ethyl adjacent to an activating group) is 1. The summed E-state index contributed by atoms with van der Waals surface area (Å²) in [6, 6.07) is 2.13. The third-order valence-electron chi connectivity index (χ3n) is 3.51. The third-order valence-corrected chi connectivity index (χ3v) is 3.51. The zero-order valence-electron chi connectivity index (χ0n) is 11.0. The Morgan fingerprint density at radius 2 is 1.84 bits per heavy atom. The number of carbonyl (C=O) groups is 1. The molecule has 0 spiro atoms. The Morgan fingerprint density at radius 1 is 1.26 bits per heavy atom. The molecule has 0 radical (unpaired) electrons. The average molecular weight is 268 g/mol. The molecule has 1 aliphatic rings. The highest BCUT2D eigenvalue weighted by molar-refractivity contribution is 5.76. The number of aldehydes is 1. The maximum atomic E-state index is 13.8. The summed E-state index contributed by atoms with van der Waals surface area (Å²) < 4.78 is 27.6. The number of nitrogens with zero attached hydrogens (tertiary/aromatic N) is 2. The van der Waals surface area contributed by atoms with Crippen molar-refractivity contribution in [1.29, 1.82) is 0 Å². The molecule has 0 aromatic heterocycles. The summed E-state index contributed by atoms with van der Waals surface area (Å²) >= 11 is 0. The summed E-state index contributed by atoms with van der Waals surface area (Å²) in [7, 11) is 1.66. The first-order valence-electron chi connectivity index (χ1n) is 6.49. The highest BCUT2D eigenvalue weighted by Crippen LogP contribution is 2.23. The molecule has 5 heteroatoms. The zero-order valence-corrected chi connectivity index (χ0v) is 11.0. The molecule has 1 fully saturated rings. The van der Waals surface area contributed by atoms with Gasteiger partial charge in [-0.05, 0) is 38.1 Å². The smallest absolute Gasteiger partial charge is 0.150 e. The SMILES string of the molecule is CN(CCN1CCCC1)c1c(F)cc(C=O)cc1F. The van der Waals surface area contributed by atoms with Crippen LogP contribution in [0.4, 0.5) is 14.5 Å². The first-order chi connectivity index (χ1) is 9.11. The molecule has 0 bridgehead atoms. The maximum Gasteiger partial charge on any atom is 0.150 e. The number of carbonyl (C=O) groups excluding carboxylic acids is 1. The van der Waals surface area contributed by atoms with Crippen molar-refractivity contribution in [2.24, 2.45) is 0 Å². The Labute approximate surface area is 111 Å². The largest absolute Gasteiger partial charge is 0.369 e. The lowest BCUT2D eigenvalue weighted by Crippen LogP contribution is -2.32. The highest BCUT2D eigenvalue weighted by Gasteiger charge is 2.17. The normalized spacial score (nSPS) is 15.7. The lowest BCUT2D eigenvalue weighted by atomic mass is 10.2. The van der Waals surface area contributed by atoms with Crippen molar-refractivity contribution in [2.45, 2.75) is 12.8 Å². The van der Waals surface area contributed by atoms with E-state index in [-0.39, 0.29) is 11.3 Å². The van der Waals surface area contributed by atoms with Crippen molar-refractivity contribution >= 4 is 12.0 Å². The molecule has 19 heavy (non-hydrogen) atoms. The minimum atomic E-state index is -0.689. The Kier molecular flexibility index (Phi) is 4.47. The van der Waals surface area contributed by atoms with Gasteiger partial charge in [-0.15, -0.1) is 0 Å². The molecule has 2 rings (SSSR count). The minimum absolute atomic E-state index is 0.0201. The van der Waals surface area contributed by atoms with Crippen LogP contribution in [-0.2, 0) is 0 Å². The van der Waals surface area contributed by atoms with E-state index < -0.39 is 11.6 Å². The molecule has 0 N–H and O–H groups in total. The molecule has 1 heterocycles. The fourth-order valence-corrected chi connectivity index (χ4v) is 2.43. The van der Waals surface area contributed by atoms with Crippen LogP contribution in [0, 0.1) is 11.6 Å². The number of likely N-dealkylation sites (tertiary alicyclic amines) is 1. The van der Waals surface area contributed by atoms with E-state index in [0.29, 0.717) is 12.8 Å². The molecular weight excluding hydrogens is 250 g/mol. The molecular formula is C14H18F2N2O. The Balaban J connectivity index is 2.05. The van der Waals surface area contributed by atoms with E-state index in [1.165, 1.54) is 12.8 Å². The number of hydrogen-bond acceptors (Lipinski definition) is 3. The van der Waals surface area contributed by atoms with Gasteiger partial charge in [-0.2, -0.15) is 0 Å². The molecule has 104 valence electrons. The maximum absolute atomic E-state index is 13.8. The molecule has 1 aromatic rings. The van der Waals surface area contributed by atoms with Crippen LogP contribution in [-0.4, -0.2) is 44.4 Å². The molecule has 0 unspecified atom stereocenters. The van der Waals surface area contributed by atoms with Crippen LogP contribution in [0.5, 0.6) is 0 Å². The summed E-state index contributed by atoms with van der Waals surface area (Å²) in [5.74, 6) is -1.38. The van der Waals surface area contributed by atoms with Crippen LogP contribution in [0.3, 0.4) is 0 Å². The molecule has 0 saturated carbocycles. The van der Waals surface area contributed by atoms with Gasteiger partial charge in [-0.3, -0.25) is 4.79 Å². The second kappa shape index (κ2) is 6.10. The number of hydrogen-bond donors (Lipinski definition) is 0. The fraction of sp³-hybridized carbons (Fsp3) is 0.500. The number of rotatable bonds is 5. The van der Waals surface area contributed by atoms with E-state index in [9.17, 15) is 13.6 Å². The molecule has 1 aromatic carbocycles. The van der Waals surface area contributed by atoms with Gasteiger partial charge < -0.3 is 9.80 Å². The third kappa shape index (κ3) is 3.29. The van der Waals surface area contributed by atoms with Crippen molar-refractivity contribution in [3.05, 3.63) is 29.3 Å². The van der Waals surface area contributed by atoms with Crippen LogP contribution in [0.15, 0.2) is 12.1 Å². The average Bonchev–Trinajstić information content (AvgIpc) is 2.88. The van der Waals surface area contributed by atoms with Crippen LogP contribution in [0.25, 0.3) is 0 Å². The van der Waals surface area contributed by atoms with E-state index in [0.717, 1.165) is 31.8 Å². The predicted octanol–water partition coefficient (Wildman–Crippen LogP) is 2.31. The summed E-state index contributed by atoms with van der Waals surface area (Å²) in [4.78, 5) is 14.4. The predicted molar refractivity (Wildman–Crippen MR) is 70.7 cm³/mol. The molecule has 0 amide bonds. The molecule has 1 aliphatic heterocycles. The van der Waals surface area contributed by atoms with Crippen molar-refractivity contribution in [1.82, 2.24) is 4.90 Å². The summed E-state index contributed by atoms with van der Waals surface area (Å²) in [5.41, 5.74) is -0.0449. The Morgan fingerprint density at radius 3 is 2.37 bits per heavy atom. The molecule has 3 nitrogen and oxygen atoms in total. The van der Waals surface area contributed by atoms with Crippen LogP contribution in [0.2, 0.25) is 0 Å². The van der Waals surface area contributed by atoms with Crippen LogP contribution >= 0.6 is 0 Å². The second-order valence-corrected chi connectivity index (χ2v) is 4.92. The van der Waals surface area contributed by atoms with Gasteiger partial charge in [-0.1, -0.05) is 0 Å². The van der Waals surface area contributed by atoms with Crippen LogP contribution in [0.1, 0.15) is 23.2 Å². The van der Waals surface area contributed by atoms with E-state index in [1.54, 1.807) is 11.9 Å². The topological polar surface area (TPSA) is 23.6 Å². The summed E-state index contributed by atoms with van der Waals surface area (Å²) in [5, 5.41) is 0. The van der Waals surface area contributed by atoms with Gasteiger partial charge >= 0.3 is 0 Å². The number of benzene rings is 1. The number of anilines is 1. The van der Waals surface area contributed by atoms with E-state index in [2.05, 4.69) is 4.90 Å². The van der Waals surface area contributed by atoms with E-state index >= 15 is 0 Å². The standard InChI is InChI=1S/C14H18F2N2O/c1-17(6-7-18-4-2-3-5-18)14-12(15)8-11(10-19)9-13(14)16/h8-10H,2-7H2,1H3. The van der Waals surface area contributed by atoms with Gasteiger partial charge in [0.25, 0.3) is 0 Å². The highest BCUT2D eigenvalue weighted by atomic mass is 19.1. The van der Waals surface area contributed by atoms with Gasteiger partial charge in [-0.25, -0.2) is 8.78 Å². The fourth-order valence-electron chi connectivity index (χ4n) is 2.43. The van der Waals surface area contributed by atoms with Crippen molar-refractivity contribution in [2.75, 3.05) is 38.1 Å². The monoisotopic (exact) mass is 268 g/mol. The molecule has 0 aliphatic carbocycles. The lowest BCUT2D eigenvalue weighted by molar-refractivity contribution is 0.112. The molecule has 0 atom stereocenters. The molecule has 1 saturated heterocycles. The van der Waals surface area contributed by atoms with E-state index in [1.807, 2.05) is 0 Å². The first-order valence-corrected chi connectivity index (χ1v) is 6.49. The van der Waals surface area contributed by atoms with Gasteiger partial charge in [0.05, 0.1) is 0 Å². The van der Waals surface area contributed by atoms with Crippen molar-refractivity contribution < 1.29 is 13.6 Å². The zero-order chi connectivity index (χ0) is 13.8. The Hall–Kier alpha value is -1.49.